The number of hydrogen-bond acceptors (Lipinski definition) is 5. The molecule has 1 aromatic carbocycles. The van der Waals surface area contributed by atoms with Gasteiger partial charge in [0, 0.05) is 31.9 Å². The molecule has 0 atom stereocenters. The predicted octanol–water partition coefficient (Wildman–Crippen LogP) is 0.0179. The van der Waals surface area contributed by atoms with Gasteiger partial charge in [0.15, 0.2) is 0 Å². The van der Waals surface area contributed by atoms with Crippen LogP contribution in [0.15, 0.2) is 23.1 Å². The molecule has 106 valence electrons. The second-order valence-electron chi connectivity index (χ2n) is 4.91. The van der Waals surface area contributed by atoms with Crippen molar-refractivity contribution in [2.24, 2.45) is 0 Å². The summed E-state index contributed by atoms with van der Waals surface area (Å²) in [5.41, 5.74) is 6.80. The van der Waals surface area contributed by atoms with Crippen LogP contribution in [0.5, 0.6) is 0 Å². The molecule has 0 bridgehead atoms. The lowest BCUT2D eigenvalue weighted by molar-refractivity contribution is 0.135. The maximum Gasteiger partial charge on any atom is 0.253 e. The van der Waals surface area contributed by atoms with Gasteiger partial charge in [-0.3, -0.25) is 0 Å². The monoisotopic (exact) mass is 284 g/mol. The second-order valence-corrected chi connectivity index (χ2v) is 6.54. The van der Waals surface area contributed by atoms with Gasteiger partial charge in [0.2, 0.25) is 0 Å². The van der Waals surface area contributed by atoms with Crippen LogP contribution >= 0.6 is 0 Å². The fraction of sp³-hybridized carbons (Fsp3) is 0.500. The zero-order valence-corrected chi connectivity index (χ0v) is 12.1. The number of aryl methyl sites for hydroxylation is 1. The Kier molecular flexibility index (Phi) is 4.10. The van der Waals surface area contributed by atoms with Crippen molar-refractivity contribution in [3.8, 4) is 0 Å². The Morgan fingerprint density at radius 3 is 2.47 bits per heavy atom. The topological polar surface area (TPSA) is 78.7 Å². The predicted molar refractivity (Wildman–Crippen MR) is 75.0 cm³/mol. The minimum absolute atomic E-state index is 0.242. The highest BCUT2D eigenvalue weighted by Gasteiger charge is 2.22. The standard InChI is InChI=1S/C12H20N4O2S/c1-10-3-4-11(13)9-12(10)19(17,18)14-16-7-5-15(2)6-8-16/h3-4,9,14H,5-8,13H2,1-2H3. The van der Waals surface area contributed by atoms with Crippen molar-refractivity contribution in [2.45, 2.75) is 11.8 Å². The minimum atomic E-state index is -3.55. The molecule has 6 nitrogen and oxygen atoms in total. The van der Waals surface area contributed by atoms with Gasteiger partial charge in [-0.25, -0.2) is 13.4 Å². The number of hydrazine groups is 1. The van der Waals surface area contributed by atoms with E-state index in [9.17, 15) is 8.42 Å². The Morgan fingerprint density at radius 1 is 1.21 bits per heavy atom. The summed E-state index contributed by atoms with van der Waals surface area (Å²) in [6, 6.07) is 4.91. The molecule has 1 fully saturated rings. The summed E-state index contributed by atoms with van der Waals surface area (Å²) in [6.07, 6.45) is 0. The van der Waals surface area contributed by atoms with E-state index in [1.54, 1.807) is 24.1 Å². The van der Waals surface area contributed by atoms with E-state index in [1.807, 2.05) is 7.05 Å². The number of benzene rings is 1. The van der Waals surface area contributed by atoms with Crippen LogP contribution < -0.4 is 10.6 Å². The lowest BCUT2D eigenvalue weighted by Crippen LogP contribution is -2.52. The highest BCUT2D eigenvalue weighted by molar-refractivity contribution is 7.89. The van der Waals surface area contributed by atoms with Gasteiger partial charge in [-0.05, 0) is 31.7 Å². The number of likely N-dealkylation sites (N-methyl/N-ethyl adjacent to an activating group) is 1. The van der Waals surface area contributed by atoms with Crippen molar-refractivity contribution >= 4 is 15.7 Å². The van der Waals surface area contributed by atoms with Gasteiger partial charge in [0.25, 0.3) is 10.0 Å². The molecule has 0 radical (unpaired) electrons. The van der Waals surface area contributed by atoms with Crippen molar-refractivity contribution in [1.82, 2.24) is 14.7 Å². The molecule has 7 heteroatoms. The molecule has 3 N–H and O–H groups in total. The SMILES string of the molecule is Cc1ccc(N)cc1S(=O)(=O)NN1CCN(C)CC1. The number of nitrogen functional groups attached to an aromatic ring is 1. The average Bonchev–Trinajstić information content (AvgIpc) is 2.35. The summed E-state index contributed by atoms with van der Waals surface area (Å²) in [4.78, 5) is 5.03. The van der Waals surface area contributed by atoms with Gasteiger partial charge in [0.05, 0.1) is 4.90 Å². The Bertz CT molecular complexity index is 551. The maximum absolute atomic E-state index is 12.3. The molecule has 1 aromatic rings. The molecule has 0 spiro atoms. The van der Waals surface area contributed by atoms with Gasteiger partial charge < -0.3 is 10.6 Å². The highest BCUT2D eigenvalue weighted by Crippen LogP contribution is 2.18. The van der Waals surface area contributed by atoms with E-state index in [1.165, 1.54) is 6.07 Å². The van der Waals surface area contributed by atoms with E-state index in [0.29, 0.717) is 24.3 Å². The van der Waals surface area contributed by atoms with Crippen molar-refractivity contribution in [2.75, 3.05) is 39.0 Å². The zero-order valence-electron chi connectivity index (χ0n) is 11.3. The number of nitrogens with zero attached hydrogens (tertiary/aromatic N) is 2. The fourth-order valence-electron chi connectivity index (χ4n) is 2.02. The first-order valence-corrected chi connectivity index (χ1v) is 7.69. The Hall–Kier alpha value is -1.15. The number of hydrogen-bond donors (Lipinski definition) is 2. The molecule has 1 aliphatic heterocycles. The molecule has 0 aromatic heterocycles. The molecule has 1 heterocycles. The number of nitrogens with one attached hydrogen (secondary N) is 1. The number of rotatable bonds is 3. The lowest BCUT2D eigenvalue weighted by atomic mass is 10.2. The first-order chi connectivity index (χ1) is 8.88. The van der Waals surface area contributed by atoms with E-state index in [4.69, 9.17) is 5.73 Å². The van der Waals surface area contributed by atoms with Crippen LogP contribution in [0.1, 0.15) is 5.56 Å². The number of nitrogens with two attached hydrogens (primary N) is 1. The van der Waals surface area contributed by atoms with Crippen LogP contribution in [-0.4, -0.2) is 51.6 Å². The Balaban J connectivity index is 2.16. The molecule has 0 unspecified atom stereocenters. The Morgan fingerprint density at radius 2 is 1.84 bits per heavy atom. The summed E-state index contributed by atoms with van der Waals surface area (Å²) in [7, 11) is -1.53. The first-order valence-electron chi connectivity index (χ1n) is 6.20. The quantitative estimate of drug-likeness (QED) is 0.765. The minimum Gasteiger partial charge on any atom is -0.399 e. The van der Waals surface area contributed by atoms with Crippen LogP contribution in [0, 0.1) is 6.92 Å². The van der Waals surface area contributed by atoms with E-state index in [2.05, 4.69) is 9.73 Å². The van der Waals surface area contributed by atoms with Gasteiger partial charge in [-0.15, -0.1) is 4.83 Å². The highest BCUT2D eigenvalue weighted by atomic mass is 32.2. The van der Waals surface area contributed by atoms with Crippen molar-refractivity contribution in [3.63, 3.8) is 0 Å². The lowest BCUT2D eigenvalue weighted by Gasteiger charge is -2.32. The number of piperazine rings is 1. The Labute approximate surface area is 114 Å². The maximum atomic E-state index is 12.3. The molecule has 0 aliphatic carbocycles. The summed E-state index contributed by atoms with van der Waals surface area (Å²) in [5, 5.41) is 1.73. The van der Waals surface area contributed by atoms with Gasteiger partial charge in [0.1, 0.15) is 0 Å². The smallest absolute Gasteiger partial charge is 0.253 e. The summed E-state index contributed by atoms with van der Waals surface area (Å²) >= 11 is 0. The van der Waals surface area contributed by atoms with Gasteiger partial charge in [-0.2, -0.15) is 0 Å². The summed E-state index contributed by atoms with van der Waals surface area (Å²) < 4.78 is 24.7. The van der Waals surface area contributed by atoms with E-state index in [0.717, 1.165) is 13.1 Å². The third-order valence-corrected chi connectivity index (χ3v) is 4.77. The number of anilines is 1. The molecule has 1 saturated heterocycles. The number of sulfonamides is 1. The van der Waals surface area contributed by atoms with Gasteiger partial charge >= 0.3 is 0 Å². The van der Waals surface area contributed by atoms with E-state index in [-0.39, 0.29) is 4.90 Å². The van der Waals surface area contributed by atoms with Crippen LogP contribution in [0.2, 0.25) is 0 Å². The molecular formula is C12H20N4O2S. The zero-order chi connectivity index (χ0) is 14.0. The van der Waals surface area contributed by atoms with Crippen molar-refractivity contribution in [3.05, 3.63) is 23.8 Å². The van der Waals surface area contributed by atoms with Crippen molar-refractivity contribution < 1.29 is 8.42 Å². The molecule has 2 rings (SSSR count). The van der Waals surface area contributed by atoms with Crippen LogP contribution in [0.25, 0.3) is 0 Å². The molecule has 0 saturated carbocycles. The second kappa shape index (κ2) is 5.46. The van der Waals surface area contributed by atoms with E-state index >= 15 is 0 Å². The average molecular weight is 284 g/mol. The van der Waals surface area contributed by atoms with Crippen LogP contribution in [0.3, 0.4) is 0 Å². The summed E-state index contributed by atoms with van der Waals surface area (Å²) in [6.45, 7) is 4.81. The molecule has 0 amide bonds. The van der Waals surface area contributed by atoms with Gasteiger partial charge in [-0.1, -0.05) is 6.07 Å². The largest absolute Gasteiger partial charge is 0.399 e. The first kappa shape index (κ1) is 14.3. The normalized spacial score (nSPS) is 18.6. The third kappa shape index (κ3) is 3.44. The third-order valence-electron chi connectivity index (χ3n) is 3.25. The van der Waals surface area contributed by atoms with Crippen LogP contribution in [-0.2, 0) is 10.0 Å². The summed E-state index contributed by atoms with van der Waals surface area (Å²) in [5.74, 6) is 0. The van der Waals surface area contributed by atoms with Crippen LogP contribution in [0.4, 0.5) is 5.69 Å². The molecular weight excluding hydrogens is 264 g/mol. The van der Waals surface area contributed by atoms with Crippen molar-refractivity contribution in [1.29, 1.82) is 0 Å². The molecule has 19 heavy (non-hydrogen) atoms. The molecule has 1 aliphatic rings. The van der Waals surface area contributed by atoms with E-state index < -0.39 is 10.0 Å². The fourth-order valence-corrected chi connectivity index (χ4v) is 3.43.